The Morgan fingerprint density at radius 1 is 0.470 bits per heavy atom. The Morgan fingerprint density at radius 3 is 1.30 bits per heavy atom. The standard InChI is InChI=1S/C58H78N4O4/c1-37-43(25-27-57(63)65-3)51-35-52-44(26-28-58(64)66-4)38(2)50(60-52)34-54-46(30-40-19-11-6-12-20-40)48(32-42-23-15-8-16-24-42)56(62-54)36-55-47(31-41-21-13-7-14-22-41)45(29-39-17-9-5-10-18-39)53(61-55)33-49(37)59-51/h33-36,39-42,59,62H,5-32H2,1-4H3. The average molecular weight is 895 g/mol. The number of aromatic amines is 2. The molecule has 4 saturated carbocycles. The third-order valence-electron chi connectivity index (χ3n) is 17.0. The Bertz CT molecular complexity index is 2460. The normalized spacial score (nSPS) is 19.5. The first-order valence-corrected chi connectivity index (χ1v) is 26.6. The van der Waals surface area contributed by atoms with Crippen LogP contribution in [-0.2, 0) is 38.3 Å². The summed E-state index contributed by atoms with van der Waals surface area (Å²) < 4.78 is 10.3. The lowest BCUT2D eigenvalue weighted by atomic mass is 9.79. The summed E-state index contributed by atoms with van der Waals surface area (Å²) >= 11 is 0. The van der Waals surface area contributed by atoms with Crippen molar-refractivity contribution in [1.29, 1.82) is 0 Å². The summed E-state index contributed by atoms with van der Waals surface area (Å²) in [7, 11) is 2.93. The molecule has 8 heteroatoms. The van der Waals surface area contributed by atoms with Crippen LogP contribution in [0.25, 0.3) is 44.4 Å². The molecule has 0 atom stereocenters. The van der Waals surface area contributed by atoms with Crippen LogP contribution in [0.3, 0.4) is 0 Å². The van der Waals surface area contributed by atoms with E-state index in [2.05, 4.69) is 48.1 Å². The van der Waals surface area contributed by atoms with Gasteiger partial charge in [-0.15, -0.1) is 0 Å². The average Bonchev–Trinajstić information content (AvgIpc) is 4.02. The second kappa shape index (κ2) is 21.7. The van der Waals surface area contributed by atoms with E-state index in [0.29, 0.717) is 36.5 Å². The fourth-order valence-corrected chi connectivity index (χ4v) is 13.0. The maximum atomic E-state index is 12.7. The van der Waals surface area contributed by atoms with E-state index >= 15 is 0 Å². The second-order valence-electron chi connectivity index (χ2n) is 21.4. The Morgan fingerprint density at radius 2 is 0.833 bits per heavy atom. The summed E-state index contributed by atoms with van der Waals surface area (Å²) in [5, 5.41) is 0. The second-order valence-corrected chi connectivity index (χ2v) is 21.4. The van der Waals surface area contributed by atoms with Gasteiger partial charge in [-0.2, -0.15) is 0 Å². The number of aromatic nitrogens is 4. The lowest BCUT2D eigenvalue weighted by Gasteiger charge is -2.25. The molecule has 8 bridgehead atoms. The molecule has 0 unspecified atom stereocenters. The van der Waals surface area contributed by atoms with Crippen molar-refractivity contribution in [1.82, 2.24) is 19.9 Å². The van der Waals surface area contributed by atoms with Crippen molar-refractivity contribution in [2.24, 2.45) is 23.7 Å². The van der Waals surface area contributed by atoms with E-state index in [9.17, 15) is 9.59 Å². The Hall–Kier alpha value is -4.46. The predicted octanol–water partition coefficient (Wildman–Crippen LogP) is 14.7. The summed E-state index contributed by atoms with van der Waals surface area (Å²) in [5.41, 5.74) is 18.9. The third kappa shape index (κ3) is 10.8. The summed E-state index contributed by atoms with van der Waals surface area (Å²) in [6.07, 6.45) is 32.5. The van der Waals surface area contributed by atoms with Gasteiger partial charge in [-0.05, 0) is 145 Å². The van der Waals surface area contributed by atoms with Crippen LogP contribution in [0.5, 0.6) is 0 Å². The molecular weight excluding hydrogens is 817 g/mol. The molecule has 0 spiro atoms. The van der Waals surface area contributed by atoms with E-state index < -0.39 is 0 Å². The van der Waals surface area contributed by atoms with Crippen LogP contribution in [0, 0.1) is 30.6 Å². The molecule has 0 aromatic carbocycles. The van der Waals surface area contributed by atoms with E-state index in [4.69, 9.17) is 19.4 Å². The minimum atomic E-state index is -0.225. The summed E-state index contributed by atoms with van der Waals surface area (Å²) in [5.74, 6) is 2.28. The summed E-state index contributed by atoms with van der Waals surface area (Å²) in [4.78, 5) is 44.7. The van der Waals surface area contributed by atoms with Crippen LogP contribution in [0.2, 0.25) is 0 Å². The highest BCUT2D eigenvalue weighted by Crippen LogP contribution is 2.45. The van der Waals surface area contributed by atoms with Crippen LogP contribution in [-0.4, -0.2) is 46.1 Å². The number of hydrogen-bond donors (Lipinski definition) is 2. The highest BCUT2D eigenvalue weighted by Gasteiger charge is 2.29. The van der Waals surface area contributed by atoms with Crippen LogP contribution in [0.1, 0.15) is 212 Å². The molecule has 5 heterocycles. The molecule has 354 valence electrons. The number of fused-ring (bicyclic) bond motifs is 8. The number of aryl methyl sites for hydroxylation is 2. The molecule has 2 N–H and O–H groups in total. The van der Waals surface area contributed by atoms with Crippen molar-refractivity contribution in [3.8, 4) is 0 Å². The zero-order chi connectivity index (χ0) is 45.6. The highest BCUT2D eigenvalue weighted by molar-refractivity contribution is 5.96. The molecule has 0 saturated heterocycles. The fourth-order valence-electron chi connectivity index (χ4n) is 13.0. The zero-order valence-electron chi connectivity index (χ0n) is 40.9. The lowest BCUT2D eigenvalue weighted by molar-refractivity contribution is -0.141. The highest BCUT2D eigenvalue weighted by atomic mass is 16.5. The molecule has 6 aliphatic rings. The number of carbonyl (C=O) groups excluding carboxylic acids is 2. The van der Waals surface area contributed by atoms with E-state index in [1.165, 1.54) is 182 Å². The number of allylic oxidation sites excluding steroid dienone is 4. The van der Waals surface area contributed by atoms with Gasteiger partial charge in [-0.25, -0.2) is 9.97 Å². The van der Waals surface area contributed by atoms with Crippen LogP contribution in [0.4, 0.5) is 0 Å². The van der Waals surface area contributed by atoms with E-state index in [0.717, 1.165) is 76.1 Å². The molecule has 4 aliphatic carbocycles. The first kappa shape index (κ1) is 46.6. The largest absolute Gasteiger partial charge is 0.469 e. The molecule has 3 aromatic heterocycles. The molecule has 66 heavy (non-hydrogen) atoms. The number of esters is 2. The molecule has 0 radical (unpaired) electrons. The fraction of sp³-hybridized carbons (Fsp3) is 0.621. The summed E-state index contributed by atoms with van der Waals surface area (Å²) in [6, 6.07) is 9.37. The summed E-state index contributed by atoms with van der Waals surface area (Å²) in [6.45, 7) is 4.36. The molecule has 0 amide bonds. The van der Waals surface area contributed by atoms with Crippen molar-refractivity contribution in [3.05, 3.63) is 69.3 Å². The number of methoxy groups -OCH3 is 2. The van der Waals surface area contributed by atoms with Crippen molar-refractivity contribution in [2.45, 2.75) is 194 Å². The van der Waals surface area contributed by atoms with Gasteiger partial charge in [0, 0.05) is 34.9 Å². The Labute approximate surface area is 394 Å². The van der Waals surface area contributed by atoms with Gasteiger partial charge in [0.2, 0.25) is 0 Å². The van der Waals surface area contributed by atoms with Crippen molar-refractivity contribution in [2.75, 3.05) is 14.2 Å². The number of ether oxygens (including phenoxy) is 2. The van der Waals surface area contributed by atoms with Gasteiger partial charge < -0.3 is 19.4 Å². The molecule has 8 nitrogen and oxygen atoms in total. The van der Waals surface area contributed by atoms with Crippen molar-refractivity contribution >= 4 is 56.3 Å². The number of hydrogen-bond acceptors (Lipinski definition) is 6. The van der Waals surface area contributed by atoms with Gasteiger partial charge in [0.1, 0.15) is 0 Å². The monoisotopic (exact) mass is 895 g/mol. The smallest absolute Gasteiger partial charge is 0.305 e. The molecule has 2 aliphatic heterocycles. The van der Waals surface area contributed by atoms with E-state index in [-0.39, 0.29) is 24.8 Å². The van der Waals surface area contributed by atoms with Gasteiger partial charge in [-0.3, -0.25) is 9.59 Å². The topological polar surface area (TPSA) is 110 Å². The molecule has 9 rings (SSSR count). The zero-order valence-corrected chi connectivity index (χ0v) is 40.9. The van der Waals surface area contributed by atoms with E-state index in [1.807, 2.05) is 0 Å². The van der Waals surface area contributed by atoms with Gasteiger partial charge in [-0.1, -0.05) is 128 Å². The SMILES string of the molecule is COC(=O)CCC1=C(C)c2cc3[nH]c(cc4nc(cc5[nH]c(cc1n2)c(CCC(=O)OC)c5C)C(CC1CCCCC1)=C4CC1CCCCC1)c(CC1CCCCC1)c3CC1CCCCC1. The van der Waals surface area contributed by atoms with Gasteiger partial charge in [0.05, 0.1) is 37.0 Å². The van der Waals surface area contributed by atoms with Crippen LogP contribution in [0.15, 0.2) is 24.3 Å². The Balaban J connectivity index is 1.34. The lowest BCUT2D eigenvalue weighted by Crippen LogP contribution is -2.13. The first-order valence-electron chi connectivity index (χ1n) is 26.6. The third-order valence-corrected chi connectivity index (χ3v) is 17.0. The number of H-pyrrole nitrogens is 2. The van der Waals surface area contributed by atoms with E-state index in [1.54, 1.807) is 0 Å². The van der Waals surface area contributed by atoms with Crippen molar-refractivity contribution in [3.63, 3.8) is 0 Å². The maximum absolute atomic E-state index is 12.7. The molecule has 4 fully saturated rings. The predicted molar refractivity (Wildman–Crippen MR) is 270 cm³/mol. The first-order chi connectivity index (χ1) is 32.2. The van der Waals surface area contributed by atoms with Gasteiger partial charge >= 0.3 is 11.9 Å². The maximum Gasteiger partial charge on any atom is 0.305 e. The van der Waals surface area contributed by atoms with Gasteiger partial charge in [0.25, 0.3) is 0 Å². The number of rotatable bonds is 14. The number of nitrogens with one attached hydrogen (secondary N) is 2. The Kier molecular flexibility index (Phi) is 15.3. The number of carbonyl (C=O) groups is 2. The van der Waals surface area contributed by atoms with Gasteiger partial charge in [0.15, 0.2) is 0 Å². The minimum absolute atomic E-state index is 0.222. The molecule has 3 aromatic rings. The quantitative estimate of drug-likeness (QED) is 0.156. The minimum Gasteiger partial charge on any atom is -0.469 e. The van der Waals surface area contributed by atoms with Crippen LogP contribution < -0.4 is 0 Å². The van der Waals surface area contributed by atoms with Crippen molar-refractivity contribution < 1.29 is 19.1 Å². The number of nitrogens with zero attached hydrogens (tertiary/aromatic N) is 2. The molecular formula is C58H78N4O4. The van der Waals surface area contributed by atoms with Crippen LogP contribution >= 0.6 is 0 Å².